The smallest absolute Gasteiger partial charge is 0.213 e. The lowest BCUT2D eigenvalue weighted by atomic mass is 10.1. The van der Waals surface area contributed by atoms with Gasteiger partial charge in [-0.2, -0.15) is 4.31 Å². The Morgan fingerprint density at radius 2 is 1.78 bits per heavy atom. The summed E-state index contributed by atoms with van der Waals surface area (Å²) in [5.74, 6) is -0.968. The van der Waals surface area contributed by atoms with Gasteiger partial charge in [0.15, 0.2) is 5.82 Å². The lowest BCUT2D eigenvalue weighted by molar-refractivity contribution is 0.238. The van der Waals surface area contributed by atoms with Crippen molar-refractivity contribution in [2.75, 3.05) is 26.4 Å². The van der Waals surface area contributed by atoms with E-state index in [9.17, 15) is 21.2 Å². The molecule has 1 aliphatic rings. The molecule has 0 saturated carbocycles. The lowest BCUT2D eigenvalue weighted by Crippen LogP contribution is -2.47. The SMILES string of the molecule is CN(C1CCN(S(=O)(=O)c2cccc(Cl)c2F)CC1)S(C)(=O)=O. The Balaban J connectivity index is 2.18. The summed E-state index contributed by atoms with van der Waals surface area (Å²) in [4.78, 5) is -0.458. The number of nitrogens with zero attached hydrogens (tertiary/aromatic N) is 2. The van der Waals surface area contributed by atoms with E-state index in [1.165, 1.54) is 29.6 Å². The lowest BCUT2D eigenvalue weighted by Gasteiger charge is -2.35. The van der Waals surface area contributed by atoms with Crippen LogP contribution in [0.4, 0.5) is 4.39 Å². The number of halogens is 2. The first-order chi connectivity index (χ1) is 10.5. The quantitative estimate of drug-likeness (QED) is 0.788. The largest absolute Gasteiger partial charge is 0.246 e. The highest BCUT2D eigenvalue weighted by atomic mass is 35.5. The first kappa shape index (κ1) is 18.6. The van der Waals surface area contributed by atoms with Crippen LogP contribution in [0, 0.1) is 5.82 Å². The Bertz CT molecular complexity index is 790. The van der Waals surface area contributed by atoms with Gasteiger partial charge >= 0.3 is 0 Å². The average Bonchev–Trinajstić information content (AvgIpc) is 2.48. The van der Waals surface area contributed by atoms with Gasteiger partial charge in [-0.25, -0.2) is 25.5 Å². The normalized spacial score (nSPS) is 18.5. The Labute approximate surface area is 140 Å². The van der Waals surface area contributed by atoms with Crippen molar-refractivity contribution < 1.29 is 21.2 Å². The molecule has 0 radical (unpaired) electrons. The monoisotopic (exact) mass is 384 g/mol. The van der Waals surface area contributed by atoms with Crippen LogP contribution >= 0.6 is 11.6 Å². The van der Waals surface area contributed by atoms with E-state index in [0.29, 0.717) is 12.8 Å². The Morgan fingerprint density at radius 1 is 1.22 bits per heavy atom. The molecule has 0 bridgehead atoms. The Morgan fingerprint density at radius 3 is 2.30 bits per heavy atom. The van der Waals surface area contributed by atoms with E-state index < -0.39 is 30.8 Å². The van der Waals surface area contributed by atoms with Gasteiger partial charge in [-0.1, -0.05) is 17.7 Å². The molecule has 0 atom stereocenters. The van der Waals surface area contributed by atoms with E-state index in [4.69, 9.17) is 11.6 Å². The van der Waals surface area contributed by atoms with E-state index in [2.05, 4.69) is 0 Å². The molecular formula is C13H18ClFN2O4S2. The number of benzene rings is 1. The van der Waals surface area contributed by atoms with Crippen molar-refractivity contribution in [1.29, 1.82) is 0 Å². The number of piperidine rings is 1. The molecule has 0 spiro atoms. The molecule has 6 nitrogen and oxygen atoms in total. The predicted molar refractivity (Wildman–Crippen MR) is 85.8 cm³/mol. The molecule has 0 amide bonds. The van der Waals surface area contributed by atoms with Gasteiger partial charge in [-0.05, 0) is 25.0 Å². The first-order valence-corrected chi connectivity index (χ1v) is 10.6. The second-order valence-corrected chi connectivity index (χ2v) is 9.82. The molecule has 10 heteroatoms. The maximum atomic E-state index is 14.0. The van der Waals surface area contributed by atoms with Crippen molar-refractivity contribution >= 4 is 31.6 Å². The zero-order valence-corrected chi connectivity index (χ0v) is 15.1. The maximum Gasteiger partial charge on any atom is 0.246 e. The van der Waals surface area contributed by atoms with Crippen molar-refractivity contribution in [1.82, 2.24) is 8.61 Å². The van der Waals surface area contributed by atoms with Crippen molar-refractivity contribution in [3.63, 3.8) is 0 Å². The summed E-state index contributed by atoms with van der Waals surface area (Å²) in [6.45, 7) is 0.248. The number of hydrogen-bond donors (Lipinski definition) is 0. The maximum absolute atomic E-state index is 14.0. The van der Waals surface area contributed by atoms with E-state index in [0.717, 1.165) is 10.6 Å². The van der Waals surface area contributed by atoms with Gasteiger partial charge in [0, 0.05) is 26.2 Å². The van der Waals surface area contributed by atoms with Gasteiger partial charge in [0.05, 0.1) is 11.3 Å². The van der Waals surface area contributed by atoms with Crippen LogP contribution in [0.2, 0.25) is 5.02 Å². The van der Waals surface area contributed by atoms with Crippen molar-refractivity contribution in [3.05, 3.63) is 29.0 Å². The van der Waals surface area contributed by atoms with Crippen LogP contribution < -0.4 is 0 Å². The second kappa shape index (κ2) is 6.64. The molecule has 1 fully saturated rings. The fourth-order valence-corrected chi connectivity index (χ4v) is 5.08. The summed E-state index contributed by atoms with van der Waals surface area (Å²) < 4.78 is 64.5. The molecule has 1 aromatic carbocycles. The van der Waals surface area contributed by atoms with Crippen molar-refractivity contribution in [2.24, 2.45) is 0 Å². The highest BCUT2D eigenvalue weighted by Gasteiger charge is 2.34. The minimum atomic E-state index is -3.99. The van der Waals surface area contributed by atoms with E-state index in [1.54, 1.807) is 0 Å². The van der Waals surface area contributed by atoms with Crippen LogP contribution in [-0.2, 0) is 20.0 Å². The van der Waals surface area contributed by atoms with Gasteiger partial charge in [0.25, 0.3) is 0 Å². The first-order valence-electron chi connectivity index (χ1n) is 6.92. The predicted octanol–water partition coefficient (Wildman–Crippen LogP) is 1.52. The number of rotatable bonds is 4. The Hall–Kier alpha value is -0.740. The molecule has 0 aromatic heterocycles. The third kappa shape index (κ3) is 3.85. The highest BCUT2D eigenvalue weighted by molar-refractivity contribution is 7.89. The minimum absolute atomic E-state index is 0.124. The molecule has 0 aliphatic carbocycles. The zero-order chi connectivity index (χ0) is 17.4. The summed E-state index contributed by atoms with van der Waals surface area (Å²) in [6.07, 6.45) is 1.81. The summed E-state index contributed by atoms with van der Waals surface area (Å²) in [6, 6.07) is 3.57. The molecule has 23 heavy (non-hydrogen) atoms. The van der Waals surface area contributed by atoms with Crippen LogP contribution in [0.5, 0.6) is 0 Å². The van der Waals surface area contributed by atoms with Gasteiger partial charge in [0.1, 0.15) is 4.90 Å². The number of hydrogen-bond acceptors (Lipinski definition) is 4. The standard InChI is InChI=1S/C13H18ClFN2O4S2/c1-16(22(2,18)19)10-6-8-17(9-7-10)23(20,21)12-5-3-4-11(14)13(12)15/h3-5,10H,6-9H2,1-2H3. The molecular weight excluding hydrogens is 367 g/mol. The average molecular weight is 385 g/mol. The van der Waals surface area contributed by atoms with Crippen LogP contribution in [0.25, 0.3) is 0 Å². The van der Waals surface area contributed by atoms with Gasteiger partial charge in [-0.15, -0.1) is 0 Å². The third-order valence-corrected chi connectivity index (χ3v) is 7.55. The van der Waals surface area contributed by atoms with Crippen LogP contribution in [0.3, 0.4) is 0 Å². The summed E-state index contributed by atoms with van der Waals surface area (Å²) in [5, 5.41) is -0.252. The molecule has 1 aliphatic heterocycles. The molecule has 0 N–H and O–H groups in total. The third-order valence-electron chi connectivity index (χ3n) is 3.99. The van der Waals surface area contributed by atoms with E-state index in [1.807, 2.05) is 0 Å². The summed E-state index contributed by atoms with van der Waals surface area (Å²) in [7, 11) is -5.85. The molecule has 130 valence electrons. The van der Waals surface area contributed by atoms with Gasteiger partial charge in [-0.3, -0.25) is 0 Å². The number of sulfonamides is 2. The molecule has 1 aromatic rings. The highest BCUT2D eigenvalue weighted by Crippen LogP contribution is 2.27. The molecule has 1 heterocycles. The van der Waals surface area contributed by atoms with Gasteiger partial charge < -0.3 is 0 Å². The van der Waals surface area contributed by atoms with Crippen molar-refractivity contribution in [3.8, 4) is 0 Å². The molecule has 1 saturated heterocycles. The zero-order valence-electron chi connectivity index (χ0n) is 12.7. The fraction of sp³-hybridized carbons (Fsp3) is 0.538. The van der Waals surface area contributed by atoms with Gasteiger partial charge in [0.2, 0.25) is 20.0 Å². The topological polar surface area (TPSA) is 74.8 Å². The summed E-state index contributed by atoms with van der Waals surface area (Å²) >= 11 is 5.64. The minimum Gasteiger partial charge on any atom is -0.213 e. The Kier molecular flexibility index (Phi) is 5.37. The van der Waals surface area contributed by atoms with E-state index in [-0.39, 0.29) is 24.2 Å². The van der Waals surface area contributed by atoms with Crippen LogP contribution in [0.15, 0.2) is 23.1 Å². The molecule has 0 unspecified atom stereocenters. The second-order valence-electron chi connectivity index (χ2n) is 5.47. The summed E-state index contributed by atoms with van der Waals surface area (Å²) in [5.41, 5.74) is 0. The van der Waals surface area contributed by atoms with E-state index >= 15 is 0 Å². The molecule has 2 rings (SSSR count). The van der Waals surface area contributed by atoms with Crippen LogP contribution in [-0.4, -0.2) is 57.9 Å². The fourth-order valence-electron chi connectivity index (χ4n) is 2.54. The van der Waals surface area contributed by atoms with Crippen molar-refractivity contribution in [2.45, 2.75) is 23.8 Å². The van der Waals surface area contributed by atoms with Crippen LogP contribution in [0.1, 0.15) is 12.8 Å².